The predicted octanol–water partition coefficient (Wildman–Crippen LogP) is 5.76. The molecule has 1 N–H and O–H groups in total. The van der Waals surface area contributed by atoms with Crippen LogP contribution in [-0.2, 0) is 33.2 Å². The van der Waals surface area contributed by atoms with Crippen LogP contribution in [0.1, 0.15) is 39.1 Å². The second kappa shape index (κ2) is 10.7. The molecule has 0 aliphatic rings. The Bertz CT molecular complexity index is 1630. The number of aromatic nitrogens is 2. The summed E-state index contributed by atoms with van der Waals surface area (Å²) in [5, 5.41) is 2.81. The molecule has 7 nitrogen and oxygen atoms in total. The number of rotatable bonds is 9. The van der Waals surface area contributed by atoms with Gasteiger partial charge in [-0.2, -0.15) is 0 Å². The zero-order chi connectivity index (χ0) is 28.5. The van der Waals surface area contributed by atoms with Crippen LogP contribution < -0.4 is 10.1 Å². The van der Waals surface area contributed by atoms with Crippen LogP contribution in [0.3, 0.4) is 0 Å². The molecule has 1 aromatic heterocycles. The van der Waals surface area contributed by atoms with Crippen LogP contribution in [0, 0.1) is 17.5 Å². The summed E-state index contributed by atoms with van der Waals surface area (Å²) in [6, 6.07) is 12.4. The van der Waals surface area contributed by atoms with Gasteiger partial charge in [-0.25, -0.2) is 26.6 Å². The quantitative estimate of drug-likeness (QED) is 0.282. The van der Waals surface area contributed by atoms with Crippen LogP contribution in [-0.4, -0.2) is 29.6 Å². The van der Waals surface area contributed by atoms with Crippen molar-refractivity contribution in [3.8, 4) is 5.75 Å². The Morgan fingerprint density at radius 3 is 2.23 bits per heavy atom. The molecule has 0 atom stereocenters. The van der Waals surface area contributed by atoms with Crippen molar-refractivity contribution in [3.05, 3.63) is 83.4 Å². The van der Waals surface area contributed by atoms with Gasteiger partial charge in [-0.3, -0.25) is 4.79 Å². The minimum atomic E-state index is -3.32. The number of sulfone groups is 1. The molecule has 0 saturated heterocycles. The molecule has 4 aromatic rings. The summed E-state index contributed by atoms with van der Waals surface area (Å²) in [4.78, 5) is 17.5. The number of amides is 1. The average Bonchev–Trinajstić information content (AvgIpc) is 3.25. The first-order chi connectivity index (χ1) is 18.3. The summed E-state index contributed by atoms with van der Waals surface area (Å²) < 4.78 is 73.3. The highest BCUT2D eigenvalue weighted by molar-refractivity contribution is 7.91. The number of fused-ring (bicyclic) bond motifs is 1. The van der Waals surface area contributed by atoms with Gasteiger partial charge in [0.2, 0.25) is 5.91 Å². The molecule has 0 bridgehead atoms. The lowest BCUT2D eigenvalue weighted by atomic mass is 10.1. The highest BCUT2D eigenvalue weighted by atomic mass is 32.2. The lowest BCUT2D eigenvalue weighted by Gasteiger charge is -2.27. The van der Waals surface area contributed by atoms with Crippen molar-refractivity contribution in [1.29, 1.82) is 0 Å². The van der Waals surface area contributed by atoms with Crippen molar-refractivity contribution in [1.82, 2.24) is 9.55 Å². The molecule has 0 radical (unpaired) electrons. The minimum absolute atomic E-state index is 0.00582. The fourth-order valence-corrected chi connectivity index (χ4v) is 5.17. The lowest BCUT2D eigenvalue weighted by Crippen LogP contribution is -2.30. The molecule has 0 fully saturated rings. The predicted molar refractivity (Wildman–Crippen MR) is 142 cm³/mol. The van der Waals surface area contributed by atoms with E-state index in [2.05, 4.69) is 10.3 Å². The third-order valence-corrected chi connectivity index (χ3v) is 7.98. The van der Waals surface area contributed by atoms with Crippen LogP contribution in [0.2, 0.25) is 0 Å². The number of nitrogens with one attached hydrogen (secondary N) is 1. The number of benzene rings is 3. The third-order valence-electron chi connectivity index (χ3n) is 6.23. The van der Waals surface area contributed by atoms with Crippen LogP contribution in [0.25, 0.3) is 11.0 Å². The maximum absolute atomic E-state index is 14.3. The summed E-state index contributed by atoms with van der Waals surface area (Å²) in [6.45, 7) is 7.12. The first-order valence-corrected chi connectivity index (χ1v) is 14.0. The molecule has 0 unspecified atom stereocenters. The Morgan fingerprint density at radius 1 is 1.00 bits per heavy atom. The van der Waals surface area contributed by atoms with E-state index in [0.29, 0.717) is 41.3 Å². The van der Waals surface area contributed by atoms with Gasteiger partial charge < -0.3 is 14.6 Å². The van der Waals surface area contributed by atoms with E-state index in [1.165, 1.54) is 12.1 Å². The van der Waals surface area contributed by atoms with Gasteiger partial charge in [0.1, 0.15) is 5.82 Å². The first-order valence-electron chi connectivity index (χ1n) is 12.3. The maximum Gasteiger partial charge on any atom is 0.228 e. The highest BCUT2D eigenvalue weighted by Crippen LogP contribution is 2.34. The number of nitrogens with zero attached hydrogens (tertiary/aromatic N) is 2. The largest absolute Gasteiger partial charge is 0.474 e. The number of ether oxygens (including phenoxy) is 1. The van der Waals surface area contributed by atoms with Crippen molar-refractivity contribution in [2.75, 3.05) is 11.1 Å². The standard InChI is InChI=1S/C28H28F3N3O4S/c1-5-34-24-12-9-19(32-25(35)13-17-7-10-20(11-8-17)39(36,37)6-2)16-23(24)33-27(34)28(3,4)38-26-21(30)14-18(29)15-22(26)31/h7-12,14-16H,5-6,13H2,1-4H3,(H,32,35). The van der Waals surface area contributed by atoms with Crippen LogP contribution in [0.15, 0.2) is 59.5 Å². The summed E-state index contributed by atoms with van der Waals surface area (Å²) in [5.41, 5.74) is 1.08. The molecule has 3 aromatic carbocycles. The van der Waals surface area contributed by atoms with Gasteiger partial charge in [0, 0.05) is 24.4 Å². The molecular formula is C28H28F3N3O4S. The van der Waals surface area contributed by atoms with Crippen molar-refractivity contribution < 1.29 is 31.1 Å². The first kappa shape index (κ1) is 28.2. The van der Waals surface area contributed by atoms with Crippen LogP contribution in [0.5, 0.6) is 5.75 Å². The van der Waals surface area contributed by atoms with E-state index in [-0.39, 0.29) is 23.0 Å². The molecule has 11 heteroatoms. The van der Waals surface area contributed by atoms with Gasteiger partial charge >= 0.3 is 0 Å². The number of halogens is 3. The number of hydrogen-bond donors (Lipinski definition) is 1. The number of hydrogen-bond acceptors (Lipinski definition) is 5. The Kier molecular flexibility index (Phi) is 7.74. The lowest BCUT2D eigenvalue weighted by molar-refractivity contribution is -0.115. The van der Waals surface area contributed by atoms with Crippen molar-refractivity contribution >= 4 is 32.5 Å². The SMILES string of the molecule is CCn1c(C(C)(C)Oc2c(F)cc(F)cc2F)nc2cc(NC(=O)Cc3ccc(S(=O)(=O)CC)cc3)ccc21. The summed E-state index contributed by atoms with van der Waals surface area (Å²) in [5.74, 6) is -4.00. The molecule has 1 heterocycles. The Balaban J connectivity index is 1.56. The van der Waals surface area contributed by atoms with Gasteiger partial charge in [0.25, 0.3) is 0 Å². The highest BCUT2D eigenvalue weighted by Gasteiger charge is 2.32. The van der Waals surface area contributed by atoms with E-state index in [1.807, 2.05) is 11.5 Å². The van der Waals surface area contributed by atoms with E-state index in [0.717, 1.165) is 5.52 Å². The normalized spacial score (nSPS) is 12.1. The van der Waals surface area contributed by atoms with Gasteiger partial charge in [-0.1, -0.05) is 19.1 Å². The molecule has 0 aliphatic heterocycles. The summed E-state index contributed by atoms with van der Waals surface area (Å²) >= 11 is 0. The second-order valence-corrected chi connectivity index (χ2v) is 11.7. The molecule has 0 saturated carbocycles. The van der Waals surface area contributed by atoms with Crippen molar-refractivity contribution in [2.24, 2.45) is 0 Å². The van der Waals surface area contributed by atoms with E-state index >= 15 is 0 Å². The number of carbonyl (C=O) groups is 1. The molecular weight excluding hydrogens is 531 g/mol. The molecule has 206 valence electrons. The number of aryl methyl sites for hydroxylation is 1. The van der Waals surface area contributed by atoms with Crippen molar-refractivity contribution in [2.45, 2.75) is 51.2 Å². The third kappa shape index (κ3) is 5.93. The Morgan fingerprint density at radius 2 is 1.64 bits per heavy atom. The molecule has 39 heavy (non-hydrogen) atoms. The molecule has 4 rings (SSSR count). The number of anilines is 1. The van der Waals surface area contributed by atoms with Gasteiger partial charge in [0.05, 0.1) is 28.1 Å². The van der Waals surface area contributed by atoms with Crippen LogP contribution >= 0.6 is 0 Å². The zero-order valence-electron chi connectivity index (χ0n) is 21.9. The van der Waals surface area contributed by atoms with Gasteiger partial charge in [-0.05, 0) is 56.7 Å². The van der Waals surface area contributed by atoms with E-state index in [4.69, 9.17) is 4.74 Å². The van der Waals surface area contributed by atoms with E-state index in [9.17, 15) is 26.4 Å². The Labute approximate surface area is 224 Å². The summed E-state index contributed by atoms with van der Waals surface area (Å²) in [7, 11) is -3.32. The fourth-order valence-electron chi connectivity index (χ4n) is 4.29. The van der Waals surface area contributed by atoms with Gasteiger partial charge in [0.15, 0.2) is 38.6 Å². The summed E-state index contributed by atoms with van der Waals surface area (Å²) in [6.07, 6.45) is 0.0365. The molecule has 1 amide bonds. The topological polar surface area (TPSA) is 90.3 Å². The fraction of sp³-hybridized carbons (Fsp3) is 0.286. The zero-order valence-corrected chi connectivity index (χ0v) is 22.7. The van der Waals surface area contributed by atoms with Crippen molar-refractivity contribution in [3.63, 3.8) is 0 Å². The average molecular weight is 560 g/mol. The van der Waals surface area contributed by atoms with Gasteiger partial charge in [-0.15, -0.1) is 0 Å². The van der Waals surface area contributed by atoms with Crippen LogP contribution in [0.4, 0.5) is 18.9 Å². The van der Waals surface area contributed by atoms with E-state index < -0.39 is 38.6 Å². The molecule has 0 spiro atoms. The molecule has 0 aliphatic carbocycles. The number of imidazole rings is 1. The smallest absolute Gasteiger partial charge is 0.228 e. The maximum atomic E-state index is 14.3. The monoisotopic (exact) mass is 559 g/mol. The second-order valence-electron chi connectivity index (χ2n) is 9.47. The van der Waals surface area contributed by atoms with E-state index in [1.54, 1.807) is 51.1 Å². The Hall–Kier alpha value is -3.86. The minimum Gasteiger partial charge on any atom is -0.474 e. The number of carbonyl (C=O) groups excluding carboxylic acids is 1.